The molecule has 4 N–H and O–H groups in total. The van der Waals surface area contributed by atoms with Crippen LogP contribution in [0.25, 0.3) is 0 Å². The fraction of sp³-hybridized carbons (Fsp3) is 0.364. The molecule has 1 aromatic carbocycles. The molecule has 1 aliphatic carbocycles. The molecule has 0 aliphatic heterocycles. The quantitative estimate of drug-likeness (QED) is 0.541. The van der Waals surface area contributed by atoms with Crippen LogP contribution in [0, 0.1) is 5.41 Å². The Morgan fingerprint density at radius 1 is 1.35 bits per heavy atom. The number of hydrogen-bond donors (Lipinski definition) is 3. The highest BCUT2D eigenvalue weighted by molar-refractivity contribution is 7.93. The second-order valence-corrected chi connectivity index (χ2v) is 6.21. The van der Waals surface area contributed by atoms with Gasteiger partial charge < -0.3 is 5.73 Å². The molecule has 17 heavy (non-hydrogen) atoms. The van der Waals surface area contributed by atoms with E-state index in [0.717, 1.165) is 18.4 Å². The summed E-state index contributed by atoms with van der Waals surface area (Å²) in [4.78, 5) is 0. The summed E-state index contributed by atoms with van der Waals surface area (Å²) in [6.45, 7) is 0. The third-order valence-corrected chi connectivity index (χ3v) is 4.44. The van der Waals surface area contributed by atoms with Gasteiger partial charge in [0.15, 0.2) is 0 Å². The van der Waals surface area contributed by atoms with Gasteiger partial charge in [-0.1, -0.05) is 12.1 Å². The van der Waals surface area contributed by atoms with E-state index in [0.29, 0.717) is 12.1 Å². The number of benzene rings is 1. The van der Waals surface area contributed by atoms with Gasteiger partial charge in [-0.15, -0.1) is 0 Å². The van der Waals surface area contributed by atoms with E-state index in [1.165, 1.54) is 0 Å². The molecule has 0 atom stereocenters. The van der Waals surface area contributed by atoms with Crippen LogP contribution in [0.2, 0.25) is 0 Å². The zero-order valence-corrected chi connectivity index (χ0v) is 10.1. The zero-order valence-electron chi connectivity index (χ0n) is 9.31. The first kappa shape index (κ1) is 11.9. The first-order chi connectivity index (χ1) is 7.97. The number of rotatable bonds is 5. The topological polar surface area (TPSA) is 96.0 Å². The van der Waals surface area contributed by atoms with Crippen molar-refractivity contribution < 1.29 is 8.42 Å². The SMILES string of the molecule is N=C(N)Cc1ccc(NS(=O)(=O)C2CC2)cc1. The summed E-state index contributed by atoms with van der Waals surface area (Å²) in [6, 6.07) is 6.93. The summed E-state index contributed by atoms with van der Waals surface area (Å²) >= 11 is 0. The summed E-state index contributed by atoms with van der Waals surface area (Å²) in [6.07, 6.45) is 1.88. The maximum absolute atomic E-state index is 11.7. The highest BCUT2D eigenvalue weighted by Gasteiger charge is 2.35. The molecule has 1 aliphatic rings. The molecular formula is C11H15N3O2S. The maximum atomic E-state index is 11.7. The third kappa shape index (κ3) is 3.20. The summed E-state index contributed by atoms with van der Waals surface area (Å²) in [5, 5.41) is 6.94. The smallest absolute Gasteiger partial charge is 0.235 e. The van der Waals surface area contributed by atoms with Crippen LogP contribution in [0.5, 0.6) is 0 Å². The molecule has 0 radical (unpaired) electrons. The van der Waals surface area contributed by atoms with E-state index < -0.39 is 10.0 Å². The lowest BCUT2D eigenvalue weighted by Gasteiger charge is -2.07. The average molecular weight is 253 g/mol. The van der Waals surface area contributed by atoms with Crippen LogP contribution in [-0.2, 0) is 16.4 Å². The monoisotopic (exact) mass is 253 g/mol. The first-order valence-electron chi connectivity index (χ1n) is 5.41. The predicted molar refractivity (Wildman–Crippen MR) is 67.6 cm³/mol. The van der Waals surface area contributed by atoms with Gasteiger partial charge in [-0.2, -0.15) is 0 Å². The predicted octanol–water partition coefficient (Wildman–Crippen LogP) is 1.07. The van der Waals surface area contributed by atoms with Crippen molar-refractivity contribution in [2.75, 3.05) is 4.72 Å². The highest BCUT2D eigenvalue weighted by atomic mass is 32.2. The van der Waals surface area contributed by atoms with Crippen LogP contribution < -0.4 is 10.5 Å². The Bertz CT molecular complexity index is 518. The summed E-state index contributed by atoms with van der Waals surface area (Å²) in [7, 11) is -3.19. The Morgan fingerprint density at radius 2 is 1.94 bits per heavy atom. The fourth-order valence-electron chi connectivity index (χ4n) is 1.54. The Morgan fingerprint density at radius 3 is 2.41 bits per heavy atom. The largest absolute Gasteiger partial charge is 0.387 e. The van der Waals surface area contributed by atoms with E-state index in [9.17, 15) is 8.42 Å². The summed E-state index contributed by atoms with van der Waals surface area (Å²) in [5.41, 5.74) is 6.74. The Balaban J connectivity index is 2.05. The molecule has 1 aromatic rings. The molecule has 0 aromatic heterocycles. The lowest BCUT2D eigenvalue weighted by molar-refractivity contribution is 0.600. The minimum Gasteiger partial charge on any atom is -0.387 e. The molecule has 0 unspecified atom stereocenters. The molecule has 0 amide bonds. The molecular weight excluding hydrogens is 238 g/mol. The Kier molecular flexibility index (Phi) is 3.06. The average Bonchev–Trinajstić information content (AvgIpc) is 3.03. The number of nitrogens with one attached hydrogen (secondary N) is 2. The van der Waals surface area contributed by atoms with E-state index in [1.54, 1.807) is 24.3 Å². The van der Waals surface area contributed by atoms with Gasteiger partial charge in [0, 0.05) is 12.1 Å². The zero-order chi connectivity index (χ0) is 12.5. The van der Waals surface area contributed by atoms with Crippen LogP contribution in [0.1, 0.15) is 18.4 Å². The van der Waals surface area contributed by atoms with Gasteiger partial charge in [0.05, 0.1) is 11.1 Å². The molecule has 1 fully saturated rings. The lowest BCUT2D eigenvalue weighted by Crippen LogP contribution is -2.17. The van der Waals surface area contributed by atoms with Gasteiger partial charge in [0.1, 0.15) is 0 Å². The molecule has 2 rings (SSSR count). The van der Waals surface area contributed by atoms with Gasteiger partial charge in [-0.3, -0.25) is 10.1 Å². The Labute approximate surface area is 101 Å². The molecule has 0 bridgehead atoms. The van der Waals surface area contributed by atoms with E-state index in [2.05, 4.69) is 4.72 Å². The number of nitrogens with two attached hydrogens (primary N) is 1. The maximum Gasteiger partial charge on any atom is 0.235 e. The second-order valence-electron chi connectivity index (χ2n) is 4.25. The van der Waals surface area contributed by atoms with Gasteiger partial charge >= 0.3 is 0 Å². The molecule has 0 heterocycles. The van der Waals surface area contributed by atoms with Crippen molar-refractivity contribution in [3.63, 3.8) is 0 Å². The van der Waals surface area contributed by atoms with Crippen LogP contribution in [0.4, 0.5) is 5.69 Å². The van der Waals surface area contributed by atoms with Gasteiger partial charge in [0.25, 0.3) is 0 Å². The van der Waals surface area contributed by atoms with Gasteiger partial charge in [0.2, 0.25) is 10.0 Å². The lowest BCUT2D eigenvalue weighted by atomic mass is 10.1. The van der Waals surface area contributed by atoms with Crippen molar-refractivity contribution in [2.45, 2.75) is 24.5 Å². The van der Waals surface area contributed by atoms with Crippen molar-refractivity contribution >= 4 is 21.5 Å². The number of amidine groups is 1. The molecule has 0 spiro atoms. The highest BCUT2D eigenvalue weighted by Crippen LogP contribution is 2.29. The summed E-state index contributed by atoms with van der Waals surface area (Å²) in [5.74, 6) is 0.0938. The van der Waals surface area contributed by atoms with Crippen molar-refractivity contribution in [2.24, 2.45) is 5.73 Å². The van der Waals surface area contributed by atoms with Gasteiger partial charge in [-0.05, 0) is 30.5 Å². The van der Waals surface area contributed by atoms with E-state index in [4.69, 9.17) is 11.1 Å². The van der Waals surface area contributed by atoms with Crippen molar-refractivity contribution in [3.05, 3.63) is 29.8 Å². The minimum absolute atomic E-state index is 0.0938. The van der Waals surface area contributed by atoms with Crippen LogP contribution in [0.15, 0.2) is 24.3 Å². The molecule has 5 nitrogen and oxygen atoms in total. The van der Waals surface area contributed by atoms with Crippen molar-refractivity contribution in [1.82, 2.24) is 0 Å². The van der Waals surface area contributed by atoms with E-state index in [1.807, 2.05) is 0 Å². The normalized spacial score (nSPS) is 15.5. The fourth-order valence-corrected chi connectivity index (χ4v) is 2.92. The number of anilines is 1. The standard InChI is InChI=1S/C11H15N3O2S/c12-11(13)7-8-1-3-9(4-2-8)14-17(15,16)10-5-6-10/h1-4,10,14H,5-7H2,(H3,12,13). The molecule has 1 saturated carbocycles. The number of hydrogen-bond acceptors (Lipinski definition) is 3. The van der Waals surface area contributed by atoms with Crippen LogP contribution in [0.3, 0.4) is 0 Å². The van der Waals surface area contributed by atoms with E-state index >= 15 is 0 Å². The summed E-state index contributed by atoms with van der Waals surface area (Å²) < 4.78 is 25.9. The van der Waals surface area contributed by atoms with Crippen molar-refractivity contribution in [3.8, 4) is 0 Å². The van der Waals surface area contributed by atoms with Crippen molar-refractivity contribution in [1.29, 1.82) is 5.41 Å². The molecule has 0 saturated heterocycles. The van der Waals surface area contributed by atoms with Crippen LogP contribution in [-0.4, -0.2) is 19.5 Å². The molecule has 92 valence electrons. The van der Waals surface area contributed by atoms with Gasteiger partial charge in [-0.25, -0.2) is 8.42 Å². The number of sulfonamides is 1. The third-order valence-electron chi connectivity index (χ3n) is 2.57. The van der Waals surface area contributed by atoms with E-state index in [-0.39, 0.29) is 11.1 Å². The second kappa shape index (κ2) is 4.37. The minimum atomic E-state index is -3.19. The Hall–Kier alpha value is -1.56. The van der Waals surface area contributed by atoms with Crippen LogP contribution >= 0.6 is 0 Å². The first-order valence-corrected chi connectivity index (χ1v) is 6.95. The molecule has 6 heteroatoms.